The van der Waals surface area contributed by atoms with Gasteiger partial charge in [0.15, 0.2) is 0 Å². The van der Waals surface area contributed by atoms with E-state index in [1.54, 1.807) is 18.2 Å². The Kier molecular flexibility index (Phi) is 5.71. The molecule has 1 aromatic carbocycles. The molecule has 0 bridgehead atoms. The largest absolute Gasteiger partial charge is 0.480 e. The number of carbonyl (C=O) groups is 2. The van der Waals surface area contributed by atoms with Crippen LogP contribution in [0, 0.1) is 6.92 Å². The third-order valence-electron chi connectivity index (χ3n) is 2.66. The van der Waals surface area contributed by atoms with Crippen LogP contribution in [-0.2, 0) is 14.6 Å². The molecule has 7 nitrogen and oxygen atoms in total. The van der Waals surface area contributed by atoms with Crippen LogP contribution in [0.5, 0.6) is 0 Å². The van der Waals surface area contributed by atoms with Gasteiger partial charge in [-0.05, 0) is 31.0 Å². The van der Waals surface area contributed by atoms with Crippen LogP contribution in [0.4, 0.5) is 10.5 Å². The topological polar surface area (TPSA) is 113 Å². The van der Waals surface area contributed by atoms with Gasteiger partial charge in [-0.2, -0.15) is 0 Å². The van der Waals surface area contributed by atoms with Crippen LogP contribution in [0.3, 0.4) is 0 Å². The lowest BCUT2D eigenvalue weighted by molar-refractivity contribution is -0.139. The lowest BCUT2D eigenvalue weighted by Crippen LogP contribution is -2.43. The molecule has 0 aliphatic heterocycles. The molecule has 0 fully saturated rings. The number of nitrogens with one attached hydrogen (secondary N) is 2. The number of carboxylic acid groups (broad SMARTS) is 1. The smallest absolute Gasteiger partial charge is 0.326 e. The fourth-order valence-corrected chi connectivity index (χ4v) is 2.30. The van der Waals surface area contributed by atoms with Crippen LogP contribution in [0.2, 0.25) is 0 Å². The highest BCUT2D eigenvalue weighted by Crippen LogP contribution is 2.09. The lowest BCUT2D eigenvalue weighted by Gasteiger charge is -2.15. The average Bonchev–Trinajstić information content (AvgIpc) is 2.32. The summed E-state index contributed by atoms with van der Waals surface area (Å²) >= 11 is 0. The highest BCUT2D eigenvalue weighted by molar-refractivity contribution is 7.90. The molecule has 0 saturated heterocycles. The highest BCUT2D eigenvalue weighted by atomic mass is 32.2. The number of carboxylic acids is 1. The zero-order chi connectivity index (χ0) is 16.0. The monoisotopic (exact) mass is 314 g/mol. The molecular formula is C13H18N2O5S. The third kappa shape index (κ3) is 6.75. The van der Waals surface area contributed by atoms with Crippen LogP contribution >= 0.6 is 0 Å². The Bertz CT molecular complexity index is 627. The zero-order valence-corrected chi connectivity index (χ0v) is 12.6. The third-order valence-corrected chi connectivity index (χ3v) is 3.63. The van der Waals surface area contributed by atoms with Gasteiger partial charge in [-0.3, -0.25) is 0 Å². The molecule has 8 heteroatoms. The van der Waals surface area contributed by atoms with E-state index in [1.807, 2.05) is 13.0 Å². The molecule has 21 heavy (non-hydrogen) atoms. The van der Waals surface area contributed by atoms with Gasteiger partial charge in [0.25, 0.3) is 0 Å². The van der Waals surface area contributed by atoms with Crippen molar-refractivity contribution < 1.29 is 23.1 Å². The summed E-state index contributed by atoms with van der Waals surface area (Å²) in [6.45, 7) is 1.86. The van der Waals surface area contributed by atoms with Crippen molar-refractivity contribution in [2.75, 3.05) is 17.3 Å². The van der Waals surface area contributed by atoms with E-state index in [9.17, 15) is 18.0 Å². The molecule has 116 valence electrons. The molecule has 1 aromatic rings. The van der Waals surface area contributed by atoms with Gasteiger partial charge in [-0.1, -0.05) is 12.1 Å². The maximum absolute atomic E-state index is 11.7. The molecule has 0 radical (unpaired) electrons. The Hall–Kier alpha value is -2.09. The van der Waals surface area contributed by atoms with E-state index < -0.39 is 27.9 Å². The first kappa shape index (κ1) is 17.0. The average molecular weight is 314 g/mol. The molecule has 1 rings (SSSR count). The molecule has 0 spiro atoms. The van der Waals surface area contributed by atoms with Crippen molar-refractivity contribution in [2.24, 2.45) is 0 Å². The number of urea groups is 1. The fraction of sp³-hybridized carbons (Fsp3) is 0.385. The van der Waals surface area contributed by atoms with Crippen molar-refractivity contribution in [1.29, 1.82) is 0 Å². The number of amides is 2. The van der Waals surface area contributed by atoms with Crippen LogP contribution in [-0.4, -0.2) is 43.6 Å². The minimum atomic E-state index is -3.29. The molecule has 2 amide bonds. The maximum Gasteiger partial charge on any atom is 0.326 e. The van der Waals surface area contributed by atoms with Gasteiger partial charge in [0.05, 0.1) is 5.75 Å². The van der Waals surface area contributed by atoms with Gasteiger partial charge in [-0.25, -0.2) is 18.0 Å². The summed E-state index contributed by atoms with van der Waals surface area (Å²) in [6.07, 6.45) is 0.828. The summed E-state index contributed by atoms with van der Waals surface area (Å²) in [5.41, 5.74) is 1.47. The summed E-state index contributed by atoms with van der Waals surface area (Å²) in [5.74, 6) is -1.59. The number of hydrogen-bond acceptors (Lipinski definition) is 4. The van der Waals surface area contributed by atoms with Crippen molar-refractivity contribution in [1.82, 2.24) is 5.32 Å². The summed E-state index contributed by atoms with van der Waals surface area (Å²) in [4.78, 5) is 22.7. The molecule has 0 saturated carbocycles. The first-order valence-corrected chi connectivity index (χ1v) is 8.28. The van der Waals surface area contributed by atoms with Crippen LogP contribution in [0.1, 0.15) is 12.0 Å². The SMILES string of the molecule is Cc1cccc(NC(=O)NC(CCS(C)(=O)=O)C(=O)O)c1. The predicted molar refractivity (Wildman–Crippen MR) is 79.1 cm³/mol. The molecule has 0 aliphatic carbocycles. The fourth-order valence-electron chi connectivity index (χ4n) is 1.64. The number of anilines is 1. The minimum Gasteiger partial charge on any atom is -0.480 e. The van der Waals surface area contributed by atoms with Gasteiger partial charge in [0, 0.05) is 11.9 Å². The van der Waals surface area contributed by atoms with Crippen molar-refractivity contribution in [3.8, 4) is 0 Å². The Morgan fingerprint density at radius 3 is 2.52 bits per heavy atom. The van der Waals surface area contributed by atoms with E-state index in [0.717, 1.165) is 11.8 Å². The van der Waals surface area contributed by atoms with Crippen LogP contribution in [0.15, 0.2) is 24.3 Å². The molecule has 0 aromatic heterocycles. The molecule has 3 N–H and O–H groups in total. The Morgan fingerprint density at radius 2 is 2.00 bits per heavy atom. The van der Waals surface area contributed by atoms with Gasteiger partial charge in [-0.15, -0.1) is 0 Å². The Morgan fingerprint density at radius 1 is 1.33 bits per heavy atom. The van der Waals surface area contributed by atoms with E-state index in [4.69, 9.17) is 5.11 Å². The van der Waals surface area contributed by atoms with Gasteiger partial charge in [0.2, 0.25) is 0 Å². The first-order chi connectivity index (χ1) is 9.67. The second-order valence-corrected chi connectivity index (χ2v) is 7.04. The summed E-state index contributed by atoms with van der Waals surface area (Å²) in [7, 11) is -3.29. The van der Waals surface area contributed by atoms with E-state index in [1.165, 1.54) is 0 Å². The van der Waals surface area contributed by atoms with E-state index in [2.05, 4.69) is 10.6 Å². The van der Waals surface area contributed by atoms with E-state index in [-0.39, 0.29) is 12.2 Å². The summed E-state index contributed by atoms with van der Waals surface area (Å²) < 4.78 is 22.1. The second kappa shape index (κ2) is 7.07. The number of sulfone groups is 1. The molecule has 0 heterocycles. The summed E-state index contributed by atoms with van der Waals surface area (Å²) in [6, 6.07) is 5.05. The zero-order valence-electron chi connectivity index (χ0n) is 11.8. The molecule has 0 aliphatic rings. The molecular weight excluding hydrogens is 296 g/mol. The van der Waals surface area contributed by atoms with Crippen LogP contribution in [0.25, 0.3) is 0 Å². The minimum absolute atomic E-state index is 0.185. The van der Waals surface area contributed by atoms with Gasteiger partial charge < -0.3 is 15.7 Å². The number of rotatable bonds is 6. The number of benzene rings is 1. The molecule has 1 atom stereocenters. The maximum atomic E-state index is 11.7. The lowest BCUT2D eigenvalue weighted by atomic mass is 10.2. The number of hydrogen-bond donors (Lipinski definition) is 3. The second-order valence-electron chi connectivity index (χ2n) is 4.78. The number of aryl methyl sites for hydroxylation is 1. The molecule has 1 unspecified atom stereocenters. The number of carbonyl (C=O) groups excluding carboxylic acids is 1. The number of aliphatic carboxylic acids is 1. The standard InChI is InChI=1S/C13H18N2O5S/c1-9-4-3-5-10(8-9)14-13(18)15-11(12(16)17)6-7-21(2,19)20/h3-5,8,11H,6-7H2,1-2H3,(H,16,17)(H2,14,15,18). The van der Waals surface area contributed by atoms with E-state index >= 15 is 0 Å². The highest BCUT2D eigenvalue weighted by Gasteiger charge is 2.21. The van der Waals surface area contributed by atoms with Gasteiger partial charge >= 0.3 is 12.0 Å². The van der Waals surface area contributed by atoms with Gasteiger partial charge in [0.1, 0.15) is 15.9 Å². The first-order valence-electron chi connectivity index (χ1n) is 6.22. The normalized spacial score (nSPS) is 12.5. The van der Waals surface area contributed by atoms with Crippen molar-refractivity contribution >= 4 is 27.5 Å². The Balaban J connectivity index is 2.62. The van der Waals surface area contributed by atoms with E-state index in [0.29, 0.717) is 5.69 Å². The van der Waals surface area contributed by atoms with Crippen LogP contribution < -0.4 is 10.6 Å². The van der Waals surface area contributed by atoms with Crippen molar-refractivity contribution in [3.63, 3.8) is 0 Å². The van der Waals surface area contributed by atoms with Crippen molar-refractivity contribution in [3.05, 3.63) is 29.8 Å². The quantitative estimate of drug-likeness (QED) is 0.725. The summed E-state index contributed by atoms with van der Waals surface area (Å²) in [5, 5.41) is 13.7. The Labute approximate surface area is 123 Å². The predicted octanol–water partition coefficient (Wildman–Crippen LogP) is 1.00. The van der Waals surface area contributed by atoms with Crippen molar-refractivity contribution in [2.45, 2.75) is 19.4 Å².